The number of ether oxygens (including phenoxy) is 3. The first-order chi connectivity index (χ1) is 13.5. The van der Waals surface area contributed by atoms with Crippen LogP contribution in [0, 0.1) is 0 Å². The number of amides is 1. The topological polar surface area (TPSA) is 73.9 Å². The highest BCUT2D eigenvalue weighted by Crippen LogP contribution is 2.31. The largest absolute Gasteiger partial charge is 0.497 e. The average molecular weight is 404 g/mol. The molecule has 1 amide bonds. The molecule has 1 aliphatic rings. The van der Waals surface area contributed by atoms with Crippen molar-refractivity contribution < 1.29 is 23.8 Å². The molecule has 3 rings (SSSR count). The van der Waals surface area contributed by atoms with Gasteiger partial charge in [-0.15, -0.1) is 11.3 Å². The van der Waals surface area contributed by atoms with Gasteiger partial charge in [-0.1, -0.05) is 6.92 Å². The van der Waals surface area contributed by atoms with Crippen molar-refractivity contribution in [2.24, 2.45) is 0 Å². The second kappa shape index (κ2) is 9.10. The number of benzene rings is 1. The van der Waals surface area contributed by atoms with E-state index in [4.69, 9.17) is 14.2 Å². The number of nitrogens with one attached hydrogen (secondary N) is 1. The van der Waals surface area contributed by atoms with Crippen LogP contribution in [0.2, 0.25) is 0 Å². The van der Waals surface area contributed by atoms with Crippen molar-refractivity contribution >= 4 is 28.9 Å². The van der Waals surface area contributed by atoms with E-state index in [1.807, 2.05) is 6.07 Å². The number of carbonyl (C=O) groups is 2. The van der Waals surface area contributed by atoms with Gasteiger partial charge in [0.05, 0.1) is 19.9 Å². The molecular weight excluding hydrogens is 378 g/mol. The Balaban J connectivity index is 1.70. The lowest BCUT2D eigenvalue weighted by Gasteiger charge is -2.17. The Morgan fingerprint density at radius 2 is 1.93 bits per heavy atom. The minimum atomic E-state index is -0.887. The summed E-state index contributed by atoms with van der Waals surface area (Å²) < 4.78 is 16.0. The number of fused-ring (bicyclic) bond motifs is 1. The zero-order valence-corrected chi connectivity index (χ0v) is 17.2. The molecule has 0 fully saturated rings. The van der Waals surface area contributed by atoms with E-state index in [1.54, 1.807) is 32.2 Å². The second-order valence-corrected chi connectivity index (χ2v) is 7.76. The molecule has 0 radical (unpaired) electrons. The maximum Gasteiger partial charge on any atom is 0.349 e. The van der Waals surface area contributed by atoms with Crippen molar-refractivity contribution in [3.63, 3.8) is 0 Å². The minimum Gasteiger partial charge on any atom is -0.497 e. The third-order valence-corrected chi connectivity index (χ3v) is 5.99. The zero-order valence-electron chi connectivity index (χ0n) is 16.4. The number of rotatable bonds is 7. The molecule has 0 saturated heterocycles. The molecule has 0 bridgehead atoms. The van der Waals surface area contributed by atoms with Crippen molar-refractivity contribution in [3.8, 4) is 11.5 Å². The molecule has 1 unspecified atom stereocenters. The van der Waals surface area contributed by atoms with Gasteiger partial charge in [0.25, 0.3) is 5.91 Å². The number of thiophene rings is 1. The van der Waals surface area contributed by atoms with E-state index in [1.165, 1.54) is 28.9 Å². The maximum absolute atomic E-state index is 12.7. The number of carbonyl (C=O) groups excluding carboxylic acids is 2. The summed E-state index contributed by atoms with van der Waals surface area (Å²) in [5.41, 5.74) is 1.70. The molecular formula is C21H25NO5S. The first kappa shape index (κ1) is 20.2. The van der Waals surface area contributed by atoms with Crippen LogP contribution in [-0.4, -0.2) is 32.2 Å². The molecule has 0 spiro atoms. The second-order valence-electron chi connectivity index (χ2n) is 6.62. The number of hydrogen-bond acceptors (Lipinski definition) is 6. The quantitative estimate of drug-likeness (QED) is 0.701. The van der Waals surface area contributed by atoms with Crippen LogP contribution in [0.25, 0.3) is 0 Å². The highest BCUT2D eigenvalue weighted by atomic mass is 32.1. The van der Waals surface area contributed by atoms with Gasteiger partial charge >= 0.3 is 5.97 Å². The Hall–Kier alpha value is -2.54. The number of anilines is 1. The van der Waals surface area contributed by atoms with E-state index in [0.29, 0.717) is 28.5 Å². The summed E-state index contributed by atoms with van der Waals surface area (Å²) in [6.45, 7) is 1.81. The van der Waals surface area contributed by atoms with Crippen LogP contribution < -0.4 is 14.8 Å². The fraction of sp³-hybridized carbons (Fsp3) is 0.429. The molecule has 1 aromatic heterocycles. The summed E-state index contributed by atoms with van der Waals surface area (Å²) in [5.74, 6) is 0.245. The van der Waals surface area contributed by atoms with Gasteiger partial charge in [0.1, 0.15) is 16.4 Å². The summed E-state index contributed by atoms with van der Waals surface area (Å²) >= 11 is 1.48. The fourth-order valence-electron chi connectivity index (χ4n) is 3.23. The fourth-order valence-corrected chi connectivity index (χ4v) is 4.36. The molecule has 6 nitrogen and oxygen atoms in total. The van der Waals surface area contributed by atoms with Crippen molar-refractivity contribution in [2.75, 3.05) is 19.5 Å². The Bertz CT molecular complexity index is 837. The standard InChI is InChI=1S/C21H25NO5S/c1-4-16(20(23)22-15-12-14(25-2)9-10-17(15)26-3)27-21(24)19-11-13-7-5-6-8-18(13)28-19/h9-12,16H,4-8H2,1-3H3,(H,22,23). The summed E-state index contributed by atoms with van der Waals surface area (Å²) in [7, 11) is 3.07. The van der Waals surface area contributed by atoms with Crippen LogP contribution in [-0.2, 0) is 22.4 Å². The van der Waals surface area contributed by atoms with Crippen LogP contribution >= 0.6 is 11.3 Å². The minimum absolute atomic E-state index is 0.370. The van der Waals surface area contributed by atoms with Gasteiger partial charge in [-0.2, -0.15) is 0 Å². The third kappa shape index (κ3) is 4.47. The molecule has 1 atom stereocenters. The first-order valence-electron chi connectivity index (χ1n) is 9.41. The normalized spacial score (nSPS) is 14.0. The summed E-state index contributed by atoms with van der Waals surface area (Å²) in [6.07, 6.45) is 3.81. The maximum atomic E-state index is 12.7. The third-order valence-electron chi connectivity index (χ3n) is 4.77. The van der Waals surface area contributed by atoms with Gasteiger partial charge in [-0.05, 0) is 55.9 Å². The van der Waals surface area contributed by atoms with Gasteiger partial charge in [-0.3, -0.25) is 4.79 Å². The van der Waals surface area contributed by atoms with Crippen molar-refractivity contribution in [3.05, 3.63) is 39.6 Å². The molecule has 0 aliphatic heterocycles. The highest BCUT2D eigenvalue weighted by molar-refractivity contribution is 7.14. The first-order valence-corrected chi connectivity index (χ1v) is 10.2. The Morgan fingerprint density at radius 3 is 2.61 bits per heavy atom. The average Bonchev–Trinajstić information content (AvgIpc) is 3.16. The van der Waals surface area contributed by atoms with Crippen molar-refractivity contribution in [1.82, 2.24) is 0 Å². The van der Waals surface area contributed by atoms with Gasteiger partial charge in [0, 0.05) is 10.9 Å². The molecule has 1 aromatic carbocycles. The lowest BCUT2D eigenvalue weighted by atomic mass is 9.99. The zero-order chi connectivity index (χ0) is 20.1. The Kier molecular flexibility index (Phi) is 6.57. The van der Waals surface area contributed by atoms with Crippen LogP contribution in [0.15, 0.2) is 24.3 Å². The van der Waals surface area contributed by atoms with Crippen LogP contribution in [0.3, 0.4) is 0 Å². The number of methoxy groups -OCH3 is 2. The van der Waals surface area contributed by atoms with E-state index in [9.17, 15) is 9.59 Å². The van der Waals surface area contributed by atoms with E-state index in [0.717, 1.165) is 25.7 Å². The molecule has 1 N–H and O–H groups in total. The number of hydrogen-bond donors (Lipinski definition) is 1. The number of esters is 1. The molecule has 28 heavy (non-hydrogen) atoms. The predicted molar refractivity (Wildman–Crippen MR) is 109 cm³/mol. The Morgan fingerprint density at radius 1 is 1.14 bits per heavy atom. The monoisotopic (exact) mass is 403 g/mol. The predicted octanol–water partition coefficient (Wildman–Crippen LogP) is 4.22. The van der Waals surface area contributed by atoms with E-state index in [-0.39, 0.29) is 0 Å². The lowest BCUT2D eigenvalue weighted by molar-refractivity contribution is -0.124. The SMILES string of the molecule is CCC(OC(=O)c1cc2c(s1)CCCC2)C(=O)Nc1cc(OC)ccc1OC. The smallest absolute Gasteiger partial charge is 0.349 e. The van der Waals surface area contributed by atoms with E-state index >= 15 is 0 Å². The molecule has 1 heterocycles. The lowest BCUT2D eigenvalue weighted by Crippen LogP contribution is -2.32. The van der Waals surface area contributed by atoms with Crippen LogP contribution in [0.5, 0.6) is 11.5 Å². The van der Waals surface area contributed by atoms with Gasteiger partial charge in [0.15, 0.2) is 6.10 Å². The molecule has 7 heteroatoms. The van der Waals surface area contributed by atoms with Crippen molar-refractivity contribution in [2.45, 2.75) is 45.1 Å². The summed E-state index contributed by atoms with van der Waals surface area (Å²) in [5, 5.41) is 2.78. The van der Waals surface area contributed by atoms with Gasteiger partial charge in [-0.25, -0.2) is 4.79 Å². The van der Waals surface area contributed by atoms with Crippen LogP contribution in [0.4, 0.5) is 5.69 Å². The number of aryl methyl sites for hydroxylation is 2. The van der Waals surface area contributed by atoms with E-state index < -0.39 is 18.0 Å². The molecule has 0 saturated carbocycles. The van der Waals surface area contributed by atoms with Gasteiger partial charge in [0.2, 0.25) is 0 Å². The molecule has 1 aliphatic carbocycles. The molecule has 2 aromatic rings. The molecule has 150 valence electrons. The highest BCUT2D eigenvalue weighted by Gasteiger charge is 2.25. The summed E-state index contributed by atoms with van der Waals surface area (Å²) in [6, 6.07) is 7.03. The van der Waals surface area contributed by atoms with Crippen molar-refractivity contribution in [1.29, 1.82) is 0 Å². The van der Waals surface area contributed by atoms with Crippen LogP contribution in [0.1, 0.15) is 46.3 Å². The Labute approximate surface area is 168 Å². The van der Waals surface area contributed by atoms with E-state index in [2.05, 4.69) is 5.32 Å². The summed E-state index contributed by atoms with van der Waals surface area (Å²) in [4.78, 5) is 27.1. The van der Waals surface area contributed by atoms with Gasteiger partial charge < -0.3 is 19.5 Å².